The van der Waals surface area contributed by atoms with Gasteiger partial charge in [-0.1, -0.05) is 6.92 Å². The second-order valence-electron chi connectivity index (χ2n) is 5.19. The number of piperazine rings is 1. The van der Waals surface area contributed by atoms with Crippen LogP contribution in [0.5, 0.6) is 0 Å². The maximum atomic E-state index is 11.3. The lowest BCUT2D eigenvalue weighted by atomic mass is 10.1. The summed E-state index contributed by atoms with van der Waals surface area (Å²) in [6, 6.07) is 0.350. The maximum Gasteiger partial charge on any atom is 0.332 e. The molecule has 0 saturated carbocycles. The number of nitrogens with two attached hydrogens (primary N) is 1. The van der Waals surface area contributed by atoms with Crippen LogP contribution >= 0.6 is 0 Å². The molecule has 2 heterocycles. The number of aromatic nitrogens is 2. The van der Waals surface area contributed by atoms with Crippen molar-refractivity contribution in [2.24, 2.45) is 5.84 Å². The third kappa shape index (κ3) is 3.03. The van der Waals surface area contributed by atoms with E-state index < -0.39 is 4.92 Å². The molecule has 2 rings (SSSR count). The van der Waals surface area contributed by atoms with Crippen LogP contribution < -0.4 is 16.2 Å². The van der Waals surface area contributed by atoms with Crippen molar-refractivity contribution >= 4 is 17.5 Å². The first-order chi connectivity index (χ1) is 9.97. The summed E-state index contributed by atoms with van der Waals surface area (Å²) in [7, 11) is 2.07. The van der Waals surface area contributed by atoms with E-state index in [9.17, 15) is 10.1 Å². The molecule has 0 aliphatic carbocycles. The van der Waals surface area contributed by atoms with Crippen molar-refractivity contribution in [3.05, 3.63) is 15.8 Å². The average Bonchev–Trinajstić information content (AvgIpc) is 2.46. The fraction of sp³-hybridized carbons (Fsp3) is 0.667. The second-order valence-corrected chi connectivity index (χ2v) is 5.19. The average molecular weight is 295 g/mol. The Morgan fingerprint density at radius 3 is 2.76 bits per heavy atom. The number of likely N-dealkylation sites (N-methyl/N-ethyl adjacent to an activating group) is 1. The SMILES string of the molecule is CCC1CN(c2nc(NN)nc(C)c2[N+](=O)[O-])CCN1C. The van der Waals surface area contributed by atoms with Crippen LogP contribution in [0.4, 0.5) is 17.5 Å². The molecule has 1 aromatic heterocycles. The summed E-state index contributed by atoms with van der Waals surface area (Å²) in [6.45, 7) is 5.93. The molecule has 0 aromatic carbocycles. The summed E-state index contributed by atoms with van der Waals surface area (Å²) in [5.74, 6) is 5.88. The van der Waals surface area contributed by atoms with Gasteiger partial charge < -0.3 is 4.90 Å². The van der Waals surface area contributed by atoms with Crippen molar-refractivity contribution in [2.75, 3.05) is 37.0 Å². The summed E-state index contributed by atoms with van der Waals surface area (Å²) in [4.78, 5) is 23.3. The lowest BCUT2D eigenvalue weighted by Crippen LogP contribution is -2.51. The number of nitrogens with one attached hydrogen (secondary N) is 1. The molecule has 21 heavy (non-hydrogen) atoms. The van der Waals surface area contributed by atoms with Gasteiger partial charge in [-0.05, 0) is 20.4 Å². The molecule has 0 amide bonds. The van der Waals surface area contributed by atoms with E-state index in [2.05, 4.69) is 34.3 Å². The van der Waals surface area contributed by atoms with Gasteiger partial charge in [0, 0.05) is 25.7 Å². The predicted octanol–water partition coefficient (Wildman–Crippen LogP) is 0.509. The smallest absolute Gasteiger partial charge is 0.332 e. The number of rotatable bonds is 4. The molecule has 0 radical (unpaired) electrons. The molecular weight excluding hydrogens is 274 g/mol. The van der Waals surface area contributed by atoms with Gasteiger partial charge in [0.15, 0.2) is 0 Å². The Morgan fingerprint density at radius 2 is 2.19 bits per heavy atom. The molecule has 9 heteroatoms. The monoisotopic (exact) mass is 295 g/mol. The van der Waals surface area contributed by atoms with E-state index in [1.807, 2.05) is 4.90 Å². The highest BCUT2D eigenvalue weighted by Crippen LogP contribution is 2.31. The summed E-state index contributed by atoms with van der Waals surface area (Å²) in [5.41, 5.74) is 2.63. The highest BCUT2D eigenvalue weighted by atomic mass is 16.6. The Kier molecular flexibility index (Phi) is 4.53. The summed E-state index contributed by atoms with van der Waals surface area (Å²) < 4.78 is 0. The van der Waals surface area contributed by atoms with E-state index >= 15 is 0 Å². The van der Waals surface area contributed by atoms with E-state index in [0.717, 1.165) is 13.0 Å². The number of hydrogen-bond donors (Lipinski definition) is 2. The number of anilines is 2. The van der Waals surface area contributed by atoms with Crippen molar-refractivity contribution in [1.82, 2.24) is 14.9 Å². The fourth-order valence-electron chi connectivity index (χ4n) is 2.63. The first kappa shape index (κ1) is 15.4. The predicted molar refractivity (Wildman–Crippen MR) is 80.2 cm³/mol. The minimum absolute atomic E-state index is 0.0478. The van der Waals surface area contributed by atoms with Crippen LogP contribution in [-0.4, -0.2) is 52.5 Å². The molecule has 1 saturated heterocycles. The largest absolute Gasteiger partial charge is 0.348 e. The van der Waals surface area contributed by atoms with Gasteiger partial charge in [0.2, 0.25) is 11.8 Å². The lowest BCUT2D eigenvalue weighted by molar-refractivity contribution is -0.385. The van der Waals surface area contributed by atoms with Gasteiger partial charge in [0.05, 0.1) is 4.92 Å². The fourth-order valence-corrected chi connectivity index (χ4v) is 2.63. The van der Waals surface area contributed by atoms with Gasteiger partial charge in [-0.3, -0.25) is 20.4 Å². The molecular formula is C12H21N7O2. The highest BCUT2D eigenvalue weighted by molar-refractivity contribution is 5.62. The van der Waals surface area contributed by atoms with E-state index in [-0.39, 0.29) is 11.6 Å². The normalized spacial score (nSPS) is 19.6. The third-order valence-corrected chi connectivity index (χ3v) is 3.90. The van der Waals surface area contributed by atoms with E-state index in [1.165, 1.54) is 0 Å². The van der Waals surface area contributed by atoms with Gasteiger partial charge in [-0.15, -0.1) is 0 Å². The van der Waals surface area contributed by atoms with Gasteiger partial charge in [-0.2, -0.15) is 4.98 Å². The van der Waals surface area contributed by atoms with Crippen LogP contribution in [0.3, 0.4) is 0 Å². The maximum absolute atomic E-state index is 11.3. The first-order valence-corrected chi connectivity index (χ1v) is 6.92. The quantitative estimate of drug-likeness (QED) is 0.469. The van der Waals surface area contributed by atoms with E-state index in [0.29, 0.717) is 30.6 Å². The summed E-state index contributed by atoms with van der Waals surface area (Å²) in [5, 5.41) is 11.3. The zero-order chi connectivity index (χ0) is 15.6. The Balaban J connectivity index is 2.42. The molecule has 9 nitrogen and oxygen atoms in total. The van der Waals surface area contributed by atoms with Gasteiger partial charge in [0.25, 0.3) is 0 Å². The van der Waals surface area contributed by atoms with Crippen molar-refractivity contribution in [3.8, 4) is 0 Å². The molecule has 1 aliphatic heterocycles. The molecule has 116 valence electrons. The molecule has 0 bridgehead atoms. The Labute approximate surface area is 123 Å². The van der Waals surface area contributed by atoms with E-state index in [1.54, 1.807) is 6.92 Å². The molecule has 3 N–H and O–H groups in total. The molecule has 0 spiro atoms. The third-order valence-electron chi connectivity index (χ3n) is 3.90. The summed E-state index contributed by atoms with van der Waals surface area (Å²) >= 11 is 0. The van der Waals surface area contributed by atoms with Gasteiger partial charge in [0.1, 0.15) is 5.69 Å². The number of hydrazine groups is 1. The van der Waals surface area contributed by atoms with Crippen molar-refractivity contribution in [3.63, 3.8) is 0 Å². The topological polar surface area (TPSA) is 113 Å². The minimum Gasteiger partial charge on any atom is -0.348 e. The lowest BCUT2D eigenvalue weighted by Gasteiger charge is -2.39. The number of aryl methyl sites for hydroxylation is 1. The Bertz CT molecular complexity index is 537. The van der Waals surface area contributed by atoms with Crippen LogP contribution in [0.25, 0.3) is 0 Å². The van der Waals surface area contributed by atoms with E-state index in [4.69, 9.17) is 5.84 Å². The molecule has 1 atom stereocenters. The van der Waals surface area contributed by atoms with Crippen LogP contribution in [0.15, 0.2) is 0 Å². The zero-order valence-electron chi connectivity index (χ0n) is 12.5. The number of nitro groups is 1. The molecule has 1 aliphatic rings. The Hall–Kier alpha value is -2.00. The molecule has 1 aromatic rings. The number of nitrogen functional groups attached to an aromatic ring is 1. The number of nitrogens with zero attached hydrogens (tertiary/aromatic N) is 5. The Morgan fingerprint density at radius 1 is 1.48 bits per heavy atom. The van der Waals surface area contributed by atoms with Crippen LogP contribution in [-0.2, 0) is 0 Å². The second kappa shape index (κ2) is 6.19. The molecule has 1 unspecified atom stereocenters. The standard InChI is InChI=1S/C12H21N7O2/c1-4-9-7-18(6-5-17(9)3)11-10(19(20)21)8(2)14-12(15-11)16-13/h9H,4-7,13H2,1-3H3,(H,14,15,16). The zero-order valence-corrected chi connectivity index (χ0v) is 12.5. The van der Waals surface area contributed by atoms with Crippen LogP contribution in [0.1, 0.15) is 19.0 Å². The highest BCUT2D eigenvalue weighted by Gasteiger charge is 2.31. The van der Waals surface area contributed by atoms with Crippen molar-refractivity contribution in [2.45, 2.75) is 26.3 Å². The van der Waals surface area contributed by atoms with Gasteiger partial charge in [-0.25, -0.2) is 10.8 Å². The van der Waals surface area contributed by atoms with Crippen LogP contribution in [0.2, 0.25) is 0 Å². The van der Waals surface area contributed by atoms with Crippen molar-refractivity contribution in [1.29, 1.82) is 0 Å². The number of hydrogen-bond acceptors (Lipinski definition) is 8. The minimum atomic E-state index is -0.426. The molecule has 1 fully saturated rings. The van der Waals surface area contributed by atoms with Crippen molar-refractivity contribution < 1.29 is 4.92 Å². The van der Waals surface area contributed by atoms with Crippen LogP contribution in [0, 0.1) is 17.0 Å². The first-order valence-electron chi connectivity index (χ1n) is 6.92. The summed E-state index contributed by atoms with van der Waals surface area (Å²) in [6.07, 6.45) is 0.979. The van der Waals surface area contributed by atoms with Gasteiger partial charge >= 0.3 is 5.69 Å².